The van der Waals surface area contributed by atoms with E-state index in [9.17, 15) is 9.36 Å². The van der Waals surface area contributed by atoms with E-state index in [-0.39, 0.29) is 26.2 Å². The minimum Gasteiger partial charge on any atom is -0.480 e. The quantitative estimate of drug-likeness (QED) is 0.349. The van der Waals surface area contributed by atoms with E-state index in [0.29, 0.717) is 17.9 Å². The lowest BCUT2D eigenvalue weighted by molar-refractivity contribution is 0.174. The lowest BCUT2D eigenvalue weighted by Crippen LogP contribution is -2.15. The Morgan fingerprint density at radius 2 is 2.10 bits per heavy atom. The molecule has 1 aromatic heterocycles. The fourth-order valence-corrected chi connectivity index (χ4v) is 5.09. The first-order valence-electron chi connectivity index (χ1n) is 9.15. The summed E-state index contributed by atoms with van der Waals surface area (Å²) in [5.74, 6) is 0.509. The summed E-state index contributed by atoms with van der Waals surface area (Å²) >= 11 is 1.53. The third-order valence-corrected chi connectivity index (χ3v) is 6.67. The van der Waals surface area contributed by atoms with Crippen molar-refractivity contribution in [2.75, 3.05) is 31.5 Å². The van der Waals surface area contributed by atoms with Crippen LogP contribution in [0.4, 0.5) is 10.5 Å². The fourth-order valence-electron chi connectivity index (χ4n) is 3.00. The van der Waals surface area contributed by atoms with Crippen LogP contribution < -0.4 is 10.1 Å². The van der Waals surface area contributed by atoms with Crippen LogP contribution in [0, 0.1) is 0 Å². The smallest absolute Gasteiger partial charge is 0.411 e. The Morgan fingerprint density at radius 3 is 2.79 bits per heavy atom. The summed E-state index contributed by atoms with van der Waals surface area (Å²) in [6.45, 7) is 7.65. The van der Waals surface area contributed by atoms with Crippen LogP contribution in [-0.4, -0.2) is 37.2 Å². The van der Waals surface area contributed by atoms with Gasteiger partial charge in [-0.2, -0.15) is 0 Å². The molecule has 0 saturated carbocycles. The van der Waals surface area contributed by atoms with Crippen LogP contribution in [0.2, 0.25) is 0 Å². The Kier molecular flexibility index (Phi) is 7.08. The third kappa shape index (κ3) is 4.87. The summed E-state index contributed by atoms with van der Waals surface area (Å²) in [7, 11) is -3.37. The maximum atomic E-state index is 12.7. The standard InChI is InChI=1S/C19H23N2O6PS/c1-4-9-24-19(22)21-14-7-8-15(25-12-28(23,26-5-2)27-6-3)17-13(14)10-16-18(17)20-11-29-16/h4,7-8,11H,1,5-6,9-10,12H2,2-3H3,(H,21,22). The van der Waals surface area contributed by atoms with Crippen LogP contribution in [0.1, 0.15) is 24.3 Å². The van der Waals surface area contributed by atoms with E-state index in [4.69, 9.17) is 18.5 Å². The molecule has 1 heterocycles. The predicted octanol–water partition coefficient (Wildman–Crippen LogP) is 5.05. The monoisotopic (exact) mass is 438 g/mol. The van der Waals surface area contributed by atoms with Crippen molar-refractivity contribution >= 4 is 30.7 Å². The molecule has 1 aliphatic rings. The highest BCUT2D eigenvalue weighted by Gasteiger charge is 2.31. The van der Waals surface area contributed by atoms with Crippen LogP contribution in [0.5, 0.6) is 5.75 Å². The van der Waals surface area contributed by atoms with E-state index < -0.39 is 13.7 Å². The van der Waals surface area contributed by atoms with E-state index in [1.165, 1.54) is 17.4 Å². The normalized spacial score (nSPS) is 12.2. The first-order valence-corrected chi connectivity index (χ1v) is 11.8. The van der Waals surface area contributed by atoms with Crippen molar-refractivity contribution in [3.63, 3.8) is 0 Å². The molecule has 3 rings (SSSR count). The topological polar surface area (TPSA) is 96.0 Å². The average Bonchev–Trinajstić information content (AvgIpc) is 3.28. The first kappa shape index (κ1) is 21.5. The molecule has 0 saturated heterocycles. The van der Waals surface area contributed by atoms with Crippen molar-refractivity contribution in [2.45, 2.75) is 20.3 Å². The van der Waals surface area contributed by atoms with Crippen molar-refractivity contribution in [3.8, 4) is 17.0 Å². The van der Waals surface area contributed by atoms with Crippen molar-refractivity contribution in [3.05, 3.63) is 40.7 Å². The number of fused-ring (bicyclic) bond motifs is 3. The number of aromatic nitrogens is 1. The van der Waals surface area contributed by atoms with Crippen molar-refractivity contribution in [1.29, 1.82) is 0 Å². The maximum Gasteiger partial charge on any atom is 0.411 e. The molecule has 2 aromatic rings. The second-order valence-electron chi connectivity index (χ2n) is 6.00. The number of benzene rings is 1. The number of anilines is 1. The summed E-state index contributed by atoms with van der Waals surface area (Å²) < 4.78 is 34.2. The summed E-state index contributed by atoms with van der Waals surface area (Å²) in [6, 6.07) is 3.44. The number of thiazole rings is 1. The van der Waals surface area contributed by atoms with Gasteiger partial charge in [-0.15, -0.1) is 11.3 Å². The largest absolute Gasteiger partial charge is 0.480 e. The molecule has 0 radical (unpaired) electrons. The van der Waals surface area contributed by atoms with Gasteiger partial charge in [-0.25, -0.2) is 9.78 Å². The Hall–Kier alpha value is -2.19. The molecule has 1 amide bonds. The van der Waals surface area contributed by atoms with E-state index in [1.54, 1.807) is 31.5 Å². The van der Waals surface area contributed by atoms with Crippen LogP contribution in [-0.2, 0) is 24.8 Å². The average molecular weight is 438 g/mol. The molecule has 1 aromatic carbocycles. The highest BCUT2D eigenvalue weighted by Crippen LogP contribution is 2.51. The van der Waals surface area contributed by atoms with Gasteiger partial charge in [-0.1, -0.05) is 12.7 Å². The summed E-state index contributed by atoms with van der Waals surface area (Å²) in [5, 5.41) is 2.75. The maximum absolute atomic E-state index is 12.7. The van der Waals surface area contributed by atoms with E-state index in [1.807, 2.05) is 0 Å². The number of hydrogen-bond acceptors (Lipinski definition) is 8. The Bertz CT molecular complexity index is 935. The van der Waals surface area contributed by atoms with Gasteiger partial charge in [0.2, 0.25) is 0 Å². The molecule has 0 atom stereocenters. The zero-order chi connectivity index (χ0) is 20.9. The van der Waals surface area contributed by atoms with Crippen molar-refractivity contribution in [1.82, 2.24) is 4.98 Å². The lowest BCUT2D eigenvalue weighted by Gasteiger charge is -2.19. The molecule has 1 N–H and O–H groups in total. The SMILES string of the molecule is C=CCOC(=O)Nc1ccc(OCP(=O)(OCC)OCC)c2c1Cc1scnc1-2. The van der Waals surface area contributed by atoms with Crippen LogP contribution in [0.25, 0.3) is 11.3 Å². The minimum atomic E-state index is -3.37. The third-order valence-electron chi connectivity index (χ3n) is 4.09. The second-order valence-corrected chi connectivity index (χ2v) is 8.93. The molecular weight excluding hydrogens is 415 g/mol. The molecule has 8 nitrogen and oxygen atoms in total. The van der Waals surface area contributed by atoms with Gasteiger partial charge in [-0.05, 0) is 31.5 Å². The number of nitrogens with zero attached hydrogens (tertiary/aromatic N) is 1. The van der Waals surface area contributed by atoms with Gasteiger partial charge >= 0.3 is 13.7 Å². The molecule has 10 heteroatoms. The van der Waals surface area contributed by atoms with Gasteiger partial charge in [0.1, 0.15) is 12.4 Å². The van der Waals surface area contributed by atoms with E-state index in [2.05, 4.69) is 16.9 Å². The minimum absolute atomic E-state index is 0.119. The van der Waals surface area contributed by atoms with Crippen molar-refractivity contribution < 1.29 is 27.9 Å². The number of amides is 1. The second kappa shape index (κ2) is 9.54. The Morgan fingerprint density at radius 1 is 1.34 bits per heavy atom. The van der Waals surface area contributed by atoms with Crippen molar-refractivity contribution in [2.24, 2.45) is 0 Å². The fraction of sp³-hybridized carbons (Fsp3) is 0.368. The molecule has 0 bridgehead atoms. The van der Waals surface area contributed by atoms with E-state index >= 15 is 0 Å². The first-order chi connectivity index (χ1) is 14.0. The summed E-state index contributed by atoms with van der Waals surface area (Å²) in [6.07, 6.45) is 1.32. The van der Waals surface area contributed by atoms with Gasteiger partial charge in [0, 0.05) is 22.5 Å². The number of rotatable bonds is 10. The molecule has 0 fully saturated rings. The molecule has 156 valence electrons. The molecule has 29 heavy (non-hydrogen) atoms. The zero-order valence-corrected chi connectivity index (χ0v) is 18.0. The number of carbonyl (C=O) groups is 1. The number of carbonyl (C=O) groups excluding carboxylic acids is 1. The number of hydrogen-bond donors (Lipinski definition) is 1. The summed E-state index contributed by atoms with van der Waals surface area (Å²) in [5.41, 5.74) is 4.81. The van der Waals surface area contributed by atoms with Gasteiger partial charge in [0.05, 0.1) is 24.4 Å². The van der Waals surface area contributed by atoms with Crippen LogP contribution in [0.15, 0.2) is 30.3 Å². The molecule has 0 aliphatic heterocycles. The Balaban J connectivity index is 1.88. The van der Waals surface area contributed by atoms with E-state index in [0.717, 1.165) is 21.7 Å². The van der Waals surface area contributed by atoms with Gasteiger partial charge in [0.15, 0.2) is 6.35 Å². The van der Waals surface area contributed by atoms with Crippen LogP contribution >= 0.6 is 18.9 Å². The lowest BCUT2D eigenvalue weighted by atomic mass is 10.1. The predicted molar refractivity (Wildman–Crippen MR) is 112 cm³/mol. The summed E-state index contributed by atoms with van der Waals surface area (Å²) in [4.78, 5) is 17.5. The molecule has 1 aliphatic carbocycles. The Labute approximate surface area is 173 Å². The number of nitrogens with one attached hydrogen (secondary N) is 1. The highest BCUT2D eigenvalue weighted by molar-refractivity contribution is 7.53. The number of ether oxygens (including phenoxy) is 2. The van der Waals surface area contributed by atoms with Gasteiger partial charge < -0.3 is 18.5 Å². The highest BCUT2D eigenvalue weighted by atomic mass is 32.1. The zero-order valence-electron chi connectivity index (χ0n) is 16.3. The molecule has 0 spiro atoms. The van der Waals surface area contributed by atoms with Crippen LogP contribution in [0.3, 0.4) is 0 Å². The molecule has 0 unspecified atom stereocenters. The van der Waals surface area contributed by atoms with Gasteiger partial charge in [0.25, 0.3) is 0 Å². The molecular formula is C19H23N2O6PS. The van der Waals surface area contributed by atoms with Gasteiger partial charge in [-0.3, -0.25) is 9.88 Å².